The molecule has 2 N–H and O–H groups in total. The lowest BCUT2D eigenvalue weighted by molar-refractivity contribution is -0.274. The molecule has 0 atom stereocenters. The first-order chi connectivity index (χ1) is 7.37. The molecular weight excluding hydrogens is 230 g/mol. The van der Waals surface area contributed by atoms with E-state index in [1.807, 2.05) is 0 Å². The summed E-state index contributed by atoms with van der Waals surface area (Å²) >= 11 is 0. The van der Waals surface area contributed by atoms with E-state index in [1.165, 1.54) is 6.07 Å². The summed E-state index contributed by atoms with van der Waals surface area (Å²) in [6, 6.07) is 2.16. The average Bonchev–Trinajstić information content (AvgIpc) is 2.14. The van der Waals surface area contributed by atoms with Gasteiger partial charge in [-0.25, -0.2) is 9.37 Å². The van der Waals surface area contributed by atoms with Crippen molar-refractivity contribution in [1.29, 1.82) is 5.26 Å². The van der Waals surface area contributed by atoms with Crippen LogP contribution < -0.4 is 10.5 Å². The molecule has 0 aliphatic carbocycles. The monoisotopic (exact) mass is 235 g/mol. The van der Waals surface area contributed by atoms with Crippen molar-refractivity contribution < 1.29 is 22.3 Å². The Morgan fingerprint density at radius 2 is 2.12 bits per heavy atom. The summed E-state index contributed by atoms with van der Waals surface area (Å²) in [5.74, 6) is -1.35. The van der Waals surface area contributed by atoms with Gasteiger partial charge in [0.15, 0.2) is 0 Å². The molecule has 1 aromatic heterocycles. The quantitative estimate of drug-likeness (QED) is 0.794. The van der Waals surface area contributed by atoms with Gasteiger partial charge in [-0.05, 0) is 0 Å². The topological polar surface area (TPSA) is 71.9 Å². The minimum Gasteiger partial charge on any atom is -0.405 e. The Morgan fingerprint density at radius 1 is 1.50 bits per heavy atom. The zero-order valence-corrected chi connectivity index (χ0v) is 7.68. The van der Waals surface area contributed by atoms with Crippen LogP contribution in [0, 0.1) is 11.3 Å². The Balaban J connectivity index is 3.24. The summed E-state index contributed by atoms with van der Waals surface area (Å²) in [6.07, 6.45) is -4.98. The van der Waals surface area contributed by atoms with Crippen molar-refractivity contribution in [2.24, 2.45) is 0 Å². The Labute approximate surface area is 87.3 Å². The maximum atomic E-state index is 12.4. The third-order valence-electron chi connectivity index (χ3n) is 1.59. The summed E-state index contributed by atoms with van der Waals surface area (Å²) in [7, 11) is 0. The third kappa shape index (κ3) is 2.73. The summed E-state index contributed by atoms with van der Waals surface area (Å²) in [6.45, 7) is -1.27. The number of ether oxygens (including phenoxy) is 1. The molecule has 0 radical (unpaired) electrons. The maximum Gasteiger partial charge on any atom is 0.573 e. The first-order valence-corrected chi connectivity index (χ1v) is 3.88. The van der Waals surface area contributed by atoms with Crippen LogP contribution in [0.4, 0.5) is 23.4 Å². The van der Waals surface area contributed by atoms with Crippen LogP contribution in [0.2, 0.25) is 0 Å². The molecule has 0 fully saturated rings. The van der Waals surface area contributed by atoms with Crippen LogP contribution in [-0.2, 0) is 6.67 Å². The van der Waals surface area contributed by atoms with Crippen LogP contribution in [0.1, 0.15) is 11.3 Å². The molecule has 0 amide bonds. The molecule has 0 unspecified atom stereocenters. The number of alkyl halides is 4. The predicted molar refractivity (Wildman–Crippen MR) is 44.9 cm³/mol. The second-order valence-corrected chi connectivity index (χ2v) is 2.66. The summed E-state index contributed by atoms with van der Waals surface area (Å²) < 4.78 is 51.8. The van der Waals surface area contributed by atoms with Gasteiger partial charge in [-0.15, -0.1) is 13.2 Å². The van der Waals surface area contributed by atoms with Gasteiger partial charge in [-0.2, -0.15) is 5.26 Å². The van der Waals surface area contributed by atoms with E-state index in [1.54, 1.807) is 0 Å². The molecule has 0 saturated carbocycles. The molecular formula is C8H5F4N3O. The molecule has 4 nitrogen and oxygen atoms in total. The summed E-state index contributed by atoms with van der Waals surface area (Å²) in [4.78, 5) is 3.38. The van der Waals surface area contributed by atoms with Crippen LogP contribution in [-0.4, -0.2) is 11.3 Å². The van der Waals surface area contributed by atoms with E-state index in [0.717, 1.165) is 0 Å². The van der Waals surface area contributed by atoms with E-state index >= 15 is 0 Å². The van der Waals surface area contributed by atoms with Crippen molar-refractivity contribution in [1.82, 2.24) is 4.98 Å². The number of nitriles is 1. The number of halogens is 4. The lowest BCUT2D eigenvalue weighted by atomic mass is 10.2. The van der Waals surface area contributed by atoms with E-state index in [0.29, 0.717) is 6.07 Å². The second kappa shape index (κ2) is 4.22. The van der Waals surface area contributed by atoms with E-state index in [2.05, 4.69) is 9.72 Å². The fraction of sp³-hybridized carbons (Fsp3) is 0.250. The van der Waals surface area contributed by atoms with E-state index in [9.17, 15) is 17.6 Å². The van der Waals surface area contributed by atoms with E-state index in [4.69, 9.17) is 11.0 Å². The van der Waals surface area contributed by atoms with Crippen LogP contribution in [0.3, 0.4) is 0 Å². The molecule has 86 valence electrons. The molecule has 1 rings (SSSR count). The second-order valence-electron chi connectivity index (χ2n) is 2.66. The van der Waals surface area contributed by atoms with Crippen molar-refractivity contribution in [3.63, 3.8) is 0 Å². The van der Waals surface area contributed by atoms with Gasteiger partial charge in [-0.1, -0.05) is 0 Å². The van der Waals surface area contributed by atoms with Crippen molar-refractivity contribution in [2.75, 3.05) is 5.73 Å². The molecule has 1 aromatic rings. The van der Waals surface area contributed by atoms with Crippen LogP contribution in [0.15, 0.2) is 6.07 Å². The first kappa shape index (κ1) is 12.0. The molecule has 0 aliphatic heterocycles. The molecule has 0 aliphatic rings. The van der Waals surface area contributed by atoms with Crippen molar-refractivity contribution in [2.45, 2.75) is 13.0 Å². The number of anilines is 1. The lowest BCUT2D eigenvalue weighted by Crippen LogP contribution is -2.19. The standard InChI is InChI=1S/C8H5F4N3O/c9-2-5-6(16-8(10,11)12)1-4(3-13)15-7(5)14/h1H,2H2,(H2,14,15). The van der Waals surface area contributed by atoms with E-state index in [-0.39, 0.29) is 5.69 Å². The Kier molecular flexibility index (Phi) is 3.17. The third-order valence-corrected chi connectivity index (χ3v) is 1.59. The van der Waals surface area contributed by atoms with Gasteiger partial charge in [0.25, 0.3) is 0 Å². The van der Waals surface area contributed by atoms with Crippen molar-refractivity contribution in [3.8, 4) is 11.8 Å². The molecule has 0 spiro atoms. The Hall–Kier alpha value is -2.04. The maximum absolute atomic E-state index is 12.4. The number of hydrogen-bond acceptors (Lipinski definition) is 4. The largest absolute Gasteiger partial charge is 0.573 e. The molecule has 0 aromatic carbocycles. The Bertz CT molecular complexity index is 438. The number of hydrogen-bond donors (Lipinski definition) is 1. The van der Waals surface area contributed by atoms with Gasteiger partial charge in [-0.3, -0.25) is 0 Å². The van der Waals surface area contributed by atoms with Crippen LogP contribution in [0.5, 0.6) is 5.75 Å². The molecule has 0 bridgehead atoms. The van der Waals surface area contributed by atoms with Gasteiger partial charge < -0.3 is 10.5 Å². The molecule has 0 saturated heterocycles. The van der Waals surface area contributed by atoms with Gasteiger partial charge >= 0.3 is 6.36 Å². The fourth-order valence-electron chi connectivity index (χ4n) is 0.974. The highest BCUT2D eigenvalue weighted by molar-refractivity contribution is 5.51. The smallest absolute Gasteiger partial charge is 0.405 e. The number of rotatable bonds is 2. The molecule has 8 heteroatoms. The normalized spacial score (nSPS) is 10.9. The number of pyridine rings is 1. The average molecular weight is 235 g/mol. The minimum absolute atomic E-state index is 0.381. The van der Waals surface area contributed by atoms with Gasteiger partial charge in [0.1, 0.15) is 30.0 Å². The van der Waals surface area contributed by atoms with Crippen LogP contribution in [0.25, 0.3) is 0 Å². The highest BCUT2D eigenvalue weighted by Gasteiger charge is 2.33. The minimum atomic E-state index is -4.98. The fourth-order valence-corrected chi connectivity index (χ4v) is 0.974. The van der Waals surface area contributed by atoms with Gasteiger partial charge in [0, 0.05) is 6.07 Å². The number of aromatic nitrogens is 1. The Morgan fingerprint density at radius 3 is 2.56 bits per heavy atom. The zero-order valence-electron chi connectivity index (χ0n) is 7.68. The van der Waals surface area contributed by atoms with Gasteiger partial charge in [0.05, 0.1) is 5.56 Å². The predicted octanol–water partition coefficient (Wildman–Crippen LogP) is 1.90. The summed E-state index contributed by atoms with van der Waals surface area (Å²) in [5, 5.41) is 8.45. The lowest BCUT2D eigenvalue weighted by Gasteiger charge is -2.12. The summed E-state index contributed by atoms with van der Waals surface area (Å²) in [5.41, 5.74) is 4.27. The van der Waals surface area contributed by atoms with Gasteiger partial charge in [0.2, 0.25) is 0 Å². The number of nitrogen functional groups attached to an aromatic ring is 1. The SMILES string of the molecule is N#Cc1cc(OC(F)(F)F)c(CF)c(N)n1. The van der Waals surface area contributed by atoms with E-state index < -0.39 is 30.2 Å². The number of nitrogens with two attached hydrogens (primary N) is 1. The zero-order chi connectivity index (χ0) is 12.3. The first-order valence-electron chi connectivity index (χ1n) is 3.88. The van der Waals surface area contributed by atoms with Crippen molar-refractivity contribution >= 4 is 5.82 Å². The van der Waals surface area contributed by atoms with Crippen molar-refractivity contribution in [3.05, 3.63) is 17.3 Å². The highest BCUT2D eigenvalue weighted by Crippen LogP contribution is 2.30. The number of nitrogens with zero attached hydrogens (tertiary/aromatic N) is 2. The molecule has 1 heterocycles. The highest BCUT2D eigenvalue weighted by atomic mass is 19.4. The van der Waals surface area contributed by atoms with Crippen LogP contribution >= 0.6 is 0 Å². The molecule has 16 heavy (non-hydrogen) atoms.